The minimum absolute atomic E-state index is 0.194. The third kappa shape index (κ3) is 3.03. The van der Waals surface area contributed by atoms with Crippen LogP contribution < -0.4 is 5.63 Å². The normalized spacial score (nSPS) is 13.6. The van der Waals surface area contributed by atoms with Crippen molar-refractivity contribution in [3.63, 3.8) is 0 Å². The van der Waals surface area contributed by atoms with E-state index >= 15 is 0 Å². The van der Waals surface area contributed by atoms with Crippen molar-refractivity contribution in [2.24, 2.45) is 0 Å². The van der Waals surface area contributed by atoms with Gasteiger partial charge in [0.2, 0.25) is 0 Å². The molecule has 0 bridgehead atoms. The molecular weight excluding hydrogens is 372 g/mol. The molecule has 4 aromatic rings. The van der Waals surface area contributed by atoms with Crippen molar-refractivity contribution < 1.29 is 4.42 Å². The van der Waals surface area contributed by atoms with Crippen LogP contribution in [-0.4, -0.2) is 0 Å². The molecule has 5 rings (SSSR count). The fourth-order valence-electron chi connectivity index (χ4n) is 3.71. The van der Waals surface area contributed by atoms with Gasteiger partial charge in [0.15, 0.2) is 5.76 Å². The number of hydrogen-bond donors (Lipinski definition) is 0. The number of hydrogen-bond acceptors (Lipinski definition) is 4. The molecule has 0 atom stereocenters. The van der Waals surface area contributed by atoms with E-state index in [4.69, 9.17) is 4.42 Å². The van der Waals surface area contributed by atoms with E-state index in [0.717, 1.165) is 44.7 Å². The Hall–Kier alpha value is -2.30. The highest BCUT2D eigenvalue weighted by atomic mass is 32.2. The molecule has 2 aromatic heterocycles. The Labute approximate surface area is 165 Å². The number of thiophene rings is 1. The van der Waals surface area contributed by atoms with E-state index in [2.05, 4.69) is 12.1 Å². The molecule has 0 radical (unpaired) electrons. The van der Waals surface area contributed by atoms with Gasteiger partial charge in [-0.25, -0.2) is 4.79 Å². The minimum atomic E-state index is -0.194. The van der Waals surface area contributed by atoms with Crippen LogP contribution in [0.15, 0.2) is 79.7 Å². The maximum atomic E-state index is 12.9. The lowest BCUT2D eigenvalue weighted by molar-refractivity contribution is 0.524. The van der Waals surface area contributed by atoms with Gasteiger partial charge in [-0.3, -0.25) is 0 Å². The molecule has 0 unspecified atom stereocenters. The molecule has 2 heterocycles. The van der Waals surface area contributed by atoms with Gasteiger partial charge in [-0.2, -0.15) is 0 Å². The first kappa shape index (κ1) is 16.8. The predicted molar refractivity (Wildman–Crippen MR) is 113 cm³/mol. The van der Waals surface area contributed by atoms with Gasteiger partial charge in [0, 0.05) is 15.3 Å². The number of fused-ring (bicyclic) bond motifs is 3. The van der Waals surface area contributed by atoms with E-state index < -0.39 is 0 Å². The SMILES string of the molecule is O=c1oc(-c2ccccc2)c(Sc2ccccc2)c2sc3c(c12)CCCC3. The summed E-state index contributed by atoms with van der Waals surface area (Å²) in [4.78, 5) is 16.5. The molecule has 0 saturated carbocycles. The van der Waals surface area contributed by atoms with Crippen molar-refractivity contribution >= 4 is 33.2 Å². The topological polar surface area (TPSA) is 30.2 Å². The van der Waals surface area contributed by atoms with E-state index in [1.54, 1.807) is 23.1 Å². The highest BCUT2D eigenvalue weighted by Gasteiger charge is 2.24. The summed E-state index contributed by atoms with van der Waals surface area (Å²) in [5.41, 5.74) is 1.98. The first-order valence-electron chi connectivity index (χ1n) is 9.21. The second-order valence-corrected chi connectivity index (χ2v) is 8.93. The lowest BCUT2D eigenvalue weighted by Gasteiger charge is -2.11. The summed E-state index contributed by atoms with van der Waals surface area (Å²) < 4.78 is 7.02. The zero-order valence-electron chi connectivity index (χ0n) is 14.7. The van der Waals surface area contributed by atoms with E-state index in [9.17, 15) is 4.79 Å². The van der Waals surface area contributed by atoms with Crippen molar-refractivity contribution in [1.82, 2.24) is 0 Å². The molecule has 0 aliphatic heterocycles. The van der Waals surface area contributed by atoms with Crippen molar-refractivity contribution in [2.45, 2.75) is 35.5 Å². The van der Waals surface area contributed by atoms with E-state index in [1.807, 2.05) is 48.5 Å². The van der Waals surface area contributed by atoms with Gasteiger partial charge >= 0.3 is 5.63 Å². The summed E-state index contributed by atoms with van der Waals surface area (Å²) >= 11 is 3.48. The molecular formula is C23H18O2S2. The maximum Gasteiger partial charge on any atom is 0.345 e. The molecule has 1 aliphatic rings. The number of benzene rings is 2. The molecule has 134 valence electrons. The second kappa shape index (κ2) is 7.02. The van der Waals surface area contributed by atoms with Gasteiger partial charge in [-0.15, -0.1) is 11.3 Å². The molecule has 0 spiro atoms. The van der Waals surface area contributed by atoms with Crippen molar-refractivity contribution in [3.05, 3.63) is 81.5 Å². The monoisotopic (exact) mass is 390 g/mol. The average Bonchev–Trinajstić information content (AvgIpc) is 3.12. The highest BCUT2D eigenvalue weighted by Crippen LogP contribution is 2.45. The first-order valence-corrected chi connectivity index (χ1v) is 10.8. The summed E-state index contributed by atoms with van der Waals surface area (Å²) in [7, 11) is 0. The fraction of sp³-hybridized carbons (Fsp3) is 0.174. The van der Waals surface area contributed by atoms with Crippen LogP contribution >= 0.6 is 23.1 Å². The third-order valence-corrected chi connectivity index (χ3v) is 7.52. The maximum absolute atomic E-state index is 12.9. The summed E-state index contributed by atoms with van der Waals surface area (Å²) in [5.74, 6) is 0.681. The minimum Gasteiger partial charge on any atom is -0.421 e. The van der Waals surface area contributed by atoms with Gasteiger partial charge in [-0.05, 0) is 43.4 Å². The largest absolute Gasteiger partial charge is 0.421 e. The highest BCUT2D eigenvalue weighted by molar-refractivity contribution is 7.99. The van der Waals surface area contributed by atoms with Gasteiger partial charge in [0.1, 0.15) is 0 Å². The summed E-state index contributed by atoms with van der Waals surface area (Å²) in [6, 6.07) is 20.3. The molecule has 0 saturated heterocycles. The van der Waals surface area contributed by atoms with Crippen molar-refractivity contribution in [1.29, 1.82) is 0 Å². The Morgan fingerprint density at radius 1 is 0.889 bits per heavy atom. The van der Waals surface area contributed by atoms with Crippen molar-refractivity contribution in [2.75, 3.05) is 0 Å². The zero-order valence-corrected chi connectivity index (χ0v) is 16.4. The first-order chi connectivity index (χ1) is 13.3. The Morgan fingerprint density at radius 3 is 2.37 bits per heavy atom. The Kier molecular flexibility index (Phi) is 4.38. The molecule has 4 heteroatoms. The van der Waals surface area contributed by atoms with Crippen LogP contribution in [0.4, 0.5) is 0 Å². The molecule has 0 amide bonds. The Bertz CT molecular complexity index is 1160. The fourth-order valence-corrected chi connectivity index (χ4v) is 6.25. The molecule has 2 nitrogen and oxygen atoms in total. The van der Waals surface area contributed by atoms with Crippen LogP contribution in [0.5, 0.6) is 0 Å². The van der Waals surface area contributed by atoms with Crippen LogP contribution in [-0.2, 0) is 12.8 Å². The smallest absolute Gasteiger partial charge is 0.345 e. The zero-order chi connectivity index (χ0) is 18.2. The number of aryl methyl sites for hydroxylation is 2. The second-order valence-electron chi connectivity index (χ2n) is 6.74. The Balaban J connectivity index is 1.80. The third-order valence-electron chi connectivity index (χ3n) is 4.98. The average molecular weight is 391 g/mol. The Morgan fingerprint density at radius 2 is 1.59 bits per heavy atom. The van der Waals surface area contributed by atoms with Gasteiger partial charge in [0.05, 0.1) is 15.0 Å². The molecule has 27 heavy (non-hydrogen) atoms. The molecule has 0 N–H and O–H groups in total. The van der Waals surface area contributed by atoms with Crippen LogP contribution in [0.25, 0.3) is 21.4 Å². The van der Waals surface area contributed by atoms with E-state index in [-0.39, 0.29) is 5.63 Å². The van der Waals surface area contributed by atoms with Crippen molar-refractivity contribution in [3.8, 4) is 11.3 Å². The molecule has 2 aromatic carbocycles. The standard InChI is InChI=1S/C23H18O2S2/c24-23-19-17-13-7-8-14-18(17)27-21(19)22(26-16-11-5-2-6-12-16)20(25-23)15-9-3-1-4-10-15/h1-6,9-12H,7-8,13-14H2. The van der Waals surface area contributed by atoms with E-state index in [1.165, 1.54) is 16.9 Å². The van der Waals surface area contributed by atoms with Crippen LogP contribution in [0.2, 0.25) is 0 Å². The van der Waals surface area contributed by atoms with Crippen LogP contribution in [0.3, 0.4) is 0 Å². The lowest BCUT2D eigenvalue weighted by Crippen LogP contribution is -2.06. The predicted octanol–water partition coefficient (Wildman–Crippen LogP) is 6.55. The quantitative estimate of drug-likeness (QED) is 0.397. The van der Waals surface area contributed by atoms with Crippen LogP contribution in [0, 0.1) is 0 Å². The summed E-state index contributed by atoms with van der Waals surface area (Å²) in [6.07, 6.45) is 4.42. The molecule has 1 aliphatic carbocycles. The van der Waals surface area contributed by atoms with Gasteiger partial charge < -0.3 is 4.42 Å². The molecule has 0 fully saturated rings. The van der Waals surface area contributed by atoms with Gasteiger partial charge in [0.25, 0.3) is 0 Å². The van der Waals surface area contributed by atoms with Crippen LogP contribution in [0.1, 0.15) is 23.3 Å². The number of rotatable bonds is 3. The van der Waals surface area contributed by atoms with E-state index in [0.29, 0.717) is 5.76 Å². The van der Waals surface area contributed by atoms with Gasteiger partial charge in [-0.1, -0.05) is 60.3 Å². The lowest BCUT2D eigenvalue weighted by atomic mass is 9.97. The summed E-state index contributed by atoms with van der Waals surface area (Å²) in [6.45, 7) is 0. The summed E-state index contributed by atoms with van der Waals surface area (Å²) in [5, 5.41) is 0.813.